The first-order chi connectivity index (χ1) is 11.3. The average Bonchev–Trinajstić information content (AvgIpc) is 3.30. The fourth-order valence-electron chi connectivity index (χ4n) is 4.20. The standard InChI is InChI=1S/C19H25N3S/c1-21-11-5-9-17(21)18-10-6-12-22(18)14-16-13-20-19(23-16)15-7-3-2-4-8-15/h2-4,7-8,13,17-18H,5-6,9-12,14H2,1H3/t17-,18-/m0/s1. The Labute approximate surface area is 143 Å². The summed E-state index contributed by atoms with van der Waals surface area (Å²) < 4.78 is 0. The molecule has 2 aromatic rings. The molecule has 2 aliphatic heterocycles. The lowest BCUT2D eigenvalue weighted by atomic mass is 10.0. The van der Waals surface area contributed by atoms with Gasteiger partial charge in [0.05, 0.1) is 0 Å². The molecule has 0 bridgehead atoms. The molecule has 0 N–H and O–H groups in total. The van der Waals surface area contributed by atoms with E-state index in [4.69, 9.17) is 0 Å². The molecule has 0 unspecified atom stereocenters. The first-order valence-corrected chi connectivity index (χ1v) is 9.57. The summed E-state index contributed by atoms with van der Waals surface area (Å²) >= 11 is 1.85. The third kappa shape index (κ3) is 3.21. The summed E-state index contributed by atoms with van der Waals surface area (Å²) in [6.45, 7) is 3.58. The van der Waals surface area contributed by atoms with Gasteiger partial charge in [0.1, 0.15) is 5.01 Å². The summed E-state index contributed by atoms with van der Waals surface area (Å²) in [6, 6.07) is 12.0. The molecule has 2 saturated heterocycles. The van der Waals surface area contributed by atoms with Gasteiger partial charge in [0, 0.05) is 35.3 Å². The van der Waals surface area contributed by atoms with Gasteiger partial charge in [-0.15, -0.1) is 11.3 Å². The second-order valence-electron chi connectivity index (χ2n) is 6.87. The van der Waals surface area contributed by atoms with Gasteiger partial charge in [-0.1, -0.05) is 30.3 Å². The highest BCUT2D eigenvalue weighted by atomic mass is 32.1. The van der Waals surface area contributed by atoms with Crippen molar-refractivity contribution in [3.63, 3.8) is 0 Å². The van der Waals surface area contributed by atoms with E-state index in [0.717, 1.165) is 23.6 Å². The third-order valence-corrected chi connectivity index (χ3v) is 6.40. The van der Waals surface area contributed by atoms with Crippen LogP contribution in [-0.2, 0) is 6.54 Å². The highest BCUT2D eigenvalue weighted by Gasteiger charge is 2.36. The predicted molar refractivity (Wildman–Crippen MR) is 96.6 cm³/mol. The first-order valence-electron chi connectivity index (χ1n) is 8.76. The Morgan fingerprint density at radius 2 is 1.87 bits per heavy atom. The molecule has 0 saturated carbocycles. The van der Waals surface area contributed by atoms with Crippen molar-refractivity contribution >= 4 is 11.3 Å². The van der Waals surface area contributed by atoms with Crippen LogP contribution in [0, 0.1) is 0 Å². The molecule has 2 fully saturated rings. The highest BCUT2D eigenvalue weighted by molar-refractivity contribution is 7.15. The predicted octanol–water partition coefficient (Wildman–Crippen LogP) is 3.87. The van der Waals surface area contributed by atoms with E-state index in [0.29, 0.717) is 0 Å². The van der Waals surface area contributed by atoms with Crippen LogP contribution >= 0.6 is 11.3 Å². The molecule has 4 rings (SSSR count). The molecule has 0 radical (unpaired) electrons. The van der Waals surface area contributed by atoms with E-state index in [2.05, 4.69) is 58.4 Å². The van der Waals surface area contributed by atoms with Gasteiger partial charge < -0.3 is 4.90 Å². The van der Waals surface area contributed by atoms with Gasteiger partial charge in [0.25, 0.3) is 0 Å². The molecule has 2 aliphatic rings. The lowest BCUT2D eigenvalue weighted by molar-refractivity contribution is 0.148. The Hall–Kier alpha value is -1.23. The second kappa shape index (κ2) is 6.71. The molecule has 23 heavy (non-hydrogen) atoms. The second-order valence-corrected chi connectivity index (χ2v) is 7.98. The zero-order valence-electron chi connectivity index (χ0n) is 13.8. The fourth-order valence-corrected chi connectivity index (χ4v) is 5.14. The minimum atomic E-state index is 0.741. The van der Waals surface area contributed by atoms with Gasteiger partial charge in [0.2, 0.25) is 0 Å². The summed E-state index contributed by atoms with van der Waals surface area (Å²) in [5, 5.41) is 1.15. The van der Waals surface area contributed by atoms with E-state index < -0.39 is 0 Å². The largest absolute Gasteiger partial charge is 0.302 e. The van der Waals surface area contributed by atoms with E-state index in [9.17, 15) is 0 Å². The molecule has 1 aromatic carbocycles. The molecule has 2 atom stereocenters. The van der Waals surface area contributed by atoms with Crippen LogP contribution in [-0.4, -0.2) is 47.0 Å². The number of hydrogen-bond acceptors (Lipinski definition) is 4. The Morgan fingerprint density at radius 3 is 2.65 bits per heavy atom. The van der Waals surface area contributed by atoms with Gasteiger partial charge in [-0.05, 0) is 45.8 Å². The number of benzene rings is 1. The quantitative estimate of drug-likeness (QED) is 0.850. The number of likely N-dealkylation sites (tertiary alicyclic amines) is 2. The maximum Gasteiger partial charge on any atom is 0.123 e. The summed E-state index contributed by atoms with van der Waals surface area (Å²) in [7, 11) is 2.30. The summed E-state index contributed by atoms with van der Waals surface area (Å²) in [5.74, 6) is 0. The van der Waals surface area contributed by atoms with Crippen molar-refractivity contribution in [2.24, 2.45) is 0 Å². The van der Waals surface area contributed by atoms with Gasteiger partial charge in [-0.25, -0.2) is 4.98 Å². The molecular weight excluding hydrogens is 302 g/mol. The Morgan fingerprint density at radius 1 is 1.09 bits per heavy atom. The maximum atomic E-state index is 4.65. The Kier molecular flexibility index (Phi) is 4.47. The molecule has 0 amide bonds. The van der Waals surface area contributed by atoms with Crippen LogP contribution in [0.5, 0.6) is 0 Å². The normalized spacial score (nSPS) is 26.1. The number of aromatic nitrogens is 1. The maximum absolute atomic E-state index is 4.65. The van der Waals surface area contributed by atoms with Crippen LogP contribution in [0.3, 0.4) is 0 Å². The highest BCUT2D eigenvalue weighted by Crippen LogP contribution is 2.32. The summed E-state index contributed by atoms with van der Waals surface area (Å²) in [6.07, 6.45) is 7.53. The van der Waals surface area contributed by atoms with Crippen LogP contribution in [0.15, 0.2) is 36.5 Å². The van der Waals surface area contributed by atoms with Gasteiger partial charge >= 0.3 is 0 Å². The van der Waals surface area contributed by atoms with E-state index in [1.165, 1.54) is 49.2 Å². The van der Waals surface area contributed by atoms with Crippen LogP contribution in [0.25, 0.3) is 10.6 Å². The average molecular weight is 327 g/mol. The zero-order valence-corrected chi connectivity index (χ0v) is 14.6. The Bertz CT molecular complexity index is 639. The monoisotopic (exact) mass is 327 g/mol. The molecule has 122 valence electrons. The first kappa shape index (κ1) is 15.3. The van der Waals surface area contributed by atoms with E-state index >= 15 is 0 Å². The smallest absolute Gasteiger partial charge is 0.123 e. The third-order valence-electron chi connectivity index (χ3n) is 5.37. The molecule has 3 nitrogen and oxygen atoms in total. The van der Waals surface area contributed by atoms with Crippen LogP contribution in [0.2, 0.25) is 0 Å². The zero-order chi connectivity index (χ0) is 15.6. The van der Waals surface area contributed by atoms with Gasteiger partial charge in [-0.2, -0.15) is 0 Å². The summed E-state index contributed by atoms with van der Waals surface area (Å²) in [5.41, 5.74) is 1.23. The Balaban J connectivity index is 1.46. The van der Waals surface area contributed by atoms with Crippen molar-refractivity contribution in [3.05, 3.63) is 41.4 Å². The number of likely N-dealkylation sites (N-methyl/N-ethyl adjacent to an activating group) is 1. The van der Waals surface area contributed by atoms with Gasteiger partial charge in [0.15, 0.2) is 0 Å². The van der Waals surface area contributed by atoms with Crippen LogP contribution in [0.4, 0.5) is 0 Å². The minimum absolute atomic E-state index is 0.741. The number of nitrogens with zero attached hydrogens (tertiary/aromatic N) is 3. The SMILES string of the molecule is CN1CCC[C@H]1[C@@H]1CCCN1Cc1cnc(-c2ccccc2)s1. The van der Waals surface area contributed by atoms with Crippen LogP contribution < -0.4 is 0 Å². The van der Waals surface area contributed by atoms with Gasteiger partial charge in [-0.3, -0.25) is 4.90 Å². The molecule has 3 heterocycles. The van der Waals surface area contributed by atoms with Crippen molar-refractivity contribution in [3.8, 4) is 10.6 Å². The molecular formula is C19H25N3S. The van der Waals surface area contributed by atoms with Crippen molar-refractivity contribution < 1.29 is 0 Å². The van der Waals surface area contributed by atoms with E-state index in [1.807, 2.05) is 11.3 Å². The van der Waals surface area contributed by atoms with Crippen molar-refractivity contribution in [2.75, 3.05) is 20.1 Å². The number of thiazole rings is 1. The molecule has 0 aliphatic carbocycles. The molecule has 0 spiro atoms. The lowest BCUT2D eigenvalue weighted by Crippen LogP contribution is -2.44. The van der Waals surface area contributed by atoms with Crippen molar-refractivity contribution in [1.29, 1.82) is 0 Å². The lowest BCUT2D eigenvalue weighted by Gasteiger charge is -2.32. The van der Waals surface area contributed by atoms with Crippen molar-refractivity contribution in [2.45, 2.75) is 44.3 Å². The van der Waals surface area contributed by atoms with Crippen LogP contribution in [0.1, 0.15) is 30.6 Å². The van der Waals surface area contributed by atoms with E-state index in [-0.39, 0.29) is 0 Å². The topological polar surface area (TPSA) is 19.4 Å². The molecule has 4 heteroatoms. The fraction of sp³-hybridized carbons (Fsp3) is 0.526. The number of hydrogen-bond donors (Lipinski definition) is 0. The van der Waals surface area contributed by atoms with E-state index in [1.54, 1.807) is 0 Å². The van der Waals surface area contributed by atoms with Crippen molar-refractivity contribution in [1.82, 2.24) is 14.8 Å². The number of rotatable bonds is 4. The molecule has 1 aromatic heterocycles. The summed E-state index contributed by atoms with van der Waals surface area (Å²) in [4.78, 5) is 11.3. The minimum Gasteiger partial charge on any atom is -0.302 e.